The van der Waals surface area contributed by atoms with E-state index < -0.39 is 17.1 Å². The highest BCUT2D eigenvalue weighted by atomic mass is 35.5. The van der Waals surface area contributed by atoms with Crippen LogP contribution in [-0.4, -0.2) is 40.4 Å². The third-order valence-electron chi connectivity index (χ3n) is 2.73. The van der Waals surface area contributed by atoms with Gasteiger partial charge in [0.05, 0.1) is 17.1 Å². The normalized spacial score (nSPS) is 24.1. The maximum atomic E-state index is 10.9. The second kappa shape index (κ2) is 4.48. The number of β-amino-alcohol motifs (C(OH)–C–C–N with tert-alkyl or cyclic N) is 2. The van der Waals surface area contributed by atoms with Crippen molar-refractivity contribution in [1.82, 2.24) is 0 Å². The molecule has 2 N–H and O–H groups in total. The Morgan fingerprint density at radius 2 is 1.94 bits per heavy atom. The van der Waals surface area contributed by atoms with Gasteiger partial charge in [0.2, 0.25) is 0 Å². The summed E-state index contributed by atoms with van der Waals surface area (Å²) in [6.07, 6.45) is -1.79. The van der Waals surface area contributed by atoms with Crippen molar-refractivity contribution >= 4 is 23.0 Å². The van der Waals surface area contributed by atoms with Crippen molar-refractivity contribution in [2.45, 2.75) is 12.2 Å². The van der Waals surface area contributed by atoms with E-state index >= 15 is 0 Å². The third kappa shape index (κ3) is 2.33. The van der Waals surface area contributed by atoms with Crippen LogP contribution in [0.25, 0.3) is 0 Å². The van der Waals surface area contributed by atoms with E-state index in [0.717, 1.165) is 0 Å². The number of hydrogen-bond acceptors (Lipinski definition) is 5. The molecule has 0 saturated carbocycles. The topological polar surface area (TPSA) is 86.8 Å². The molecule has 0 aromatic heterocycles. The van der Waals surface area contributed by atoms with Crippen molar-refractivity contribution in [1.29, 1.82) is 0 Å². The summed E-state index contributed by atoms with van der Waals surface area (Å²) in [7, 11) is 0. The second-order valence-electron chi connectivity index (χ2n) is 3.93. The molecule has 2 rings (SSSR count). The Morgan fingerprint density at radius 3 is 2.47 bits per heavy atom. The summed E-state index contributed by atoms with van der Waals surface area (Å²) >= 11 is 5.80. The van der Waals surface area contributed by atoms with Gasteiger partial charge in [-0.25, -0.2) is 0 Å². The van der Waals surface area contributed by atoms with Crippen LogP contribution in [0, 0.1) is 10.1 Å². The molecule has 0 aliphatic carbocycles. The van der Waals surface area contributed by atoms with Gasteiger partial charge in [-0.3, -0.25) is 10.1 Å². The molecule has 92 valence electrons. The van der Waals surface area contributed by atoms with E-state index in [1.54, 1.807) is 4.90 Å². The lowest BCUT2D eigenvalue weighted by Crippen LogP contribution is -2.22. The molecule has 2 atom stereocenters. The molecule has 6 nitrogen and oxygen atoms in total. The largest absolute Gasteiger partial charge is 0.389 e. The quantitative estimate of drug-likeness (QED) is 0.605. The first kappa shape index (κ1) is 12.1. The standard InChI is InChI=1S/C10H11ClN2O4/c11-6-1-2-7(13(16)17)8(3-6)12-4-9(14)10(15)5-12/h1-3,9-10,14-15H,4-5H2. The highest BCUT2D eigenvalue weighted by molar-refractivity contribution is 6.31. The molecule has 1 aromatic carbocycles. The van der Waals surface area contributed by atoms with Gasteiger partial charge in [-0.05, 0) is 12.1 Å². The molecule has 7 heteroatoms. The smallest absolute Gasteiger partial charge is 0.292 e. The molecule has 1 fully saturated rings. The molecule has 1 aliphatic rings. The van der Waals surface area contributed by atoms with Crippen LogP contribution >= 0.6 is 11.6 Å². The zero-order valence-corrected chi connectivity index (χ0v) is 9.54. The summed E-state index contributed by atoms with van der Waals surface area (Å²) in [4.78, 5) is 11.9. The van der Waals surface area contributed by atoms with Gasteiger partial charge in [0.1, 0.15) is 5.69 Å². The van der Waals surface area contributed by atoms with E-state index in [2.05, 4.69) is 0 Å². The molecule has 17 heavy (non-hydrogen) atoms. The Bertz CT molecular complexity index is 444. The number of benzene rings is 1. The van der Waals surface area contributed by atoms with Gasteiger partial charge in [0.25, 0.3) is 5.69 Å². The third-order valence-corrected chi connectivity index (χ3v) is 2.97. The summed E-state index contributed by atoms with van der Waals surface area (Å²) in [6.45, 7) is 0.310. The molecule has 1 heterocycles. The van der Waals surface area contributed by atoms with Crippen LogP contribution in [0.2, 0.25) is 5.02 Å². The van der Waals surface area contributed by atoms with Crippen LogP contribution in [-0.2, 0) is 0 Å². The fraction of sp³-hybridized carbons (Fsp3) is 0.400. The van der Waals surface area contributed by atoms with E-state index in [0.29, 0.717) is 10.7 Å². The minimum Gasteiger partial charge on any atom is -0.389 e. The lowest BCUT2D eigenvalue weighted by molar-refractivity contribution is -0.384. The average Bonchev–Trinajstić information content (AvgIpc) is 2.58. The van der Waals surface area contributed by atoms with Crippen LogP contribution in [0.4, 0.5) is 11.4 Å². The molecule has 0 spiro atoms. The van der Waals surface area contributed by atoms with Gasteiger partial charge in [-0.1, -0.05) is 11.6 Å². The Morgan fingerprint density at radius 1 is 1.35 bits per heavy atom. The molecule has 0 bridgehead atoms. The number of rotatable bonds is 2. The van der Waals surface area contributed by atoms with Crippen molar-refractivity contribution in [3.8, 4) is 0 Å². The first-order valence-corrected chi connectivity index (χ1v) is 5.42. The van der Waals surface area contributed by atoms with Crippen molar-refractivity contribution in [2.75, 3.05) is 18.0 Å². The monoisotopic (exact) mass is 258 g/mol. The van der Waals surface area contributed by atoms with E-state index in [9.17, 15) is 20.3 Å². The van der Waals surface area contributed by atoms with Gasteiger partial charge in [0.15, 0.2) is 0 Å². The van der Waals surface area contributed by atoms with Gasteiger partial charge in [-0.15, -0.1) is 0 Å². The number of hydrogen-bond donors (Lipinski definition) is 2. The maximum absolute atomic E-state index is 10.9. The van der Waals surface area contributed by atoms with Crippen LogP contribution in [0.1, 0.15) is 0 Å². The van der Waals surface area contributed by atoms with Crippen molar-refractivity contribution in [2.24, 2.45) is 0 Å². The number of nitrogens with zero attached hydrogens (tertiary/aromatic N) is 2. The predicted molar refractivity (Wildman–Crippen MR) is 62.3 cm³/mol. The first-order chi connectivity index (χ1) is 7.99. The van der Waals surface area contributed by atoms with Crippen molar-refractivity contribution < 1.29 is 15.1 Å². The zero-order chi connectivity index (χ0) is 12.6. The SMILES string of the molecule is O=[N+]([O-])c1ccc(Cl)cc1N1CC(O)C(O)C1. The predicted octanol–water partition coefficient (Wildman–Crippen LogP) is 0.790. The minimum absolute atomic E-state index is 0.0873. The van der Waals surface area contributed by atoms with Crippen molar-refractivity contribution in [3.63, 3.8) is 0 Å². The fourth-order valence-corrected chi connectivity index (χ4v) is 2.04. The summed E-state index contributed by atoms with van der Waals surface area (Å²) in [6, 6.07) is 4.21. The van der Waals surface area contributed by atoms with Crippen LogP contribution in [0.3, 0.4) is 0 Å². The summed E-state index contributed by atoms with van der Waals surface area (Å²) in [5.41, 5.74) is 0.230. The maximum Gasteiger partial charge on any atom is 0.292 e. The van der Waals surface area contributed by atoms with Crippen LogP contribution < -0.4 is 4.90 Å². The van der Waals surface area contributed by atoms with Gasteiger partial charge >= 0.3 is 0 Å². The van der Waals surface area contributed by atoms with Crippen LogP contribution in [0.15, 0.2) is 18.2 Å². The molecule has 0 amide bonds. The van der Waals surface area contributed by atoms with Gasteiger partial charge < -0.3 is 15.1 Å². The number of nitro benzene ring substituents is 1. The molecule has 0 radical (unpaired) electrons. The number of anilines is 1. The van der Waals surface area contributed by atoms with Gasteiger partial charge in [0, 0.05) is 24.2 Å². The first-order valence-electron chi connectivity index (χ1n) is 5.04. The lowest BCUT2D eigenvalue weighted by atomic mass is 10.2. The summed E-state index contributed by atoms with van der Waals surface area (Å²) < 4.78 is 0. The molecule has 2 unspecified atom stereocenters. The Hall–Kier alpha value is -1.37. The molecular weight excluding hydrogens is 248 g/mol. The Labute approximate surface area is 102 Å². The Kier molecular flexibility index (Phi) is 3.19. The lowest BCUT2D eigenvalue weighted by Gasteiger charge is -2.17. The highest BCUT2D eigenvalue weighted by Crippen LogP contribution is 2.33. The van der Waals surface area contributed by atoms with Gasteiger partial charge in [-0.2, -0.15) is 0 Å². The molecular formula is C10H11ClN2O4. The number of nitro groups is 1. The van der Waals surface area contributed by atoms with E-state index in [1.807, 2.05) is 0 Å². The minimum atomic E-state index is -0.895. The fourth-order valence-electron chi connectivity index (χ4n) is 1.87. The number of aliphatic hydroxyl groups excluding tert-OH is 2. The van der Waals surface area contributed by atoms with Crippen molar-refractivity contribution in [3.05, 3.63) is 33.3 Å². The Balaban J connectivity index is 2.37. The van der Waals surface area contributed by atoms with E-state index in [4.69, 9.17) is 11.6 Å². The summed E-state index contributed by atoms with van der Waals surface area (Å²) in [5, 5.41) is 30.1. The molecule has 1 aromatic rings. The van der Waals surface area contributed by atoms with Crippen LogP contribution in [0.5, 0.6) is 0 Å². The number of halogens is 1. The summed E-state index contributed by atoms with van der Waals surface area (Å²) in [5.74, 6) is 0. The average molecular weight is 259 g/mol. The number of aliphatic hydroxyl groups is 2. The molecule has 1 saturated heterocycles. The molecule has 1 aliphatic heterocycles. The highest BCUT2D eigenvalue weighted by Gasteiger charge is 2.32. The zero-order valence-electron chi connectivity index (χ0n) is 8.78. The second-order valence-corrected chi connectivity index (χ2v) is 4.37. The van der Waals surface area contributed by atoms with E-state index in [-0.39, 0.29) is 18.8 Å². The van der Waals surface area contributed by atoms with E-state index in [1.165, 1.54) is 18.2 Å².